The van der Waals surface area contributed by atoms with E-state index in [0.717, 1.165) is 12.1 Å². The van der Waals surface area contributed by atoms with Crippen molar-refractivity contribution >= 4 is 11.8 Å². The molecule has 0 unspecified atom stereocenters. The van der Waals surface area contributed by atoms with Gasteiger partial charge in [0.15, 0.2) is 0 Å². The molecule has 1 rings (SSSR count). The zero-order valence-corrected chi connectivity index (χ0v) is 9.82. The molecule has 1 aromatic carbocycles. The molecule has 18 heavy (non-hydrogen) atoms. The molecule has 0 saturated carbocycles. The first-order valence-corrected chi connectivity index (χ1v) is 5.10. The molecule has 1 aromatic rings. The van der Waals surface area contributed by atoms with Crippen molar-refractivity contribution in [2.24, 2.45) is 0 Å². The second-order valence-corrected chi connectivity index (χ2v) is 3.30. The van der Waals surface area contributed by atoms with Gasteiger partial charge in [-0.15, -0.1) is 13.2 Å². The van der Waals surface area contributed by atoms with Crippen molar-refractivity contribution in [1.82, 2.24) is 0 Å². The molecule has 7 heteroatoms. The van der Waals surface area contributed by atoms with E-state index in [0.29, 0.717) is 5.69 Å². The molecule has 0 fully saturated rings. The smallest absolute Gasteiger partial charge is 0.449 e. The Hall–Kier alpha value is -1.92. The third-order valence-electron chi connectivity index (χ3n) is 2.00. The van der Waals surface area contributed by atoms with Crippen molar-refractivity contribution in [3.63, 3.8) is 0 Å². The Bertz CT molecular complexity index is 403. The van der Waals surface area contributed by atoms with E-state index in [-0.39, 0.29) is 12.4 Å². The van der Waals surface area contributed by atoms with E-state index in [4.69, 9.17) is 4.74 Å². The molecule has 0 N–H and O–H groups in total. The van der Waals surface area contributed by atoms with Gasteiger partial charge in [-0.2, -0.15) is 0 Å². The van der Waals surface area contributed by atoms with E-state index >= 15 is 0 Å². The van der Waals surface area contributed by atoms with Crippen LogP contribution in [0.1, 0.15) is 6.92 Å². The van der Waals surface area contributed by atoms with E-state index < -0.39 is 12.5 Å². The van der Waals surface area contributed by atoms with E-state index in [1.807, 2.05) is 0 Å². The van der Waals surface area contributed by atoms with Crippen LogP contribution in [-0.2, 0) is 4.74 Å². The number of carbonyl (C=O) groups is 1. The van der Waals surface area contributed by atoms with Gasteiger partial charge in [-0.1, -0.05) is 0 Å². The van der Waals surface area contributed by atoms with Gasteiger partial charge in [0.25, 0.3) is 0 Å². The van der Waals surface area contributed by atoms with Gasteiger partial charge in [-0.05, 0) is 31.2 Å². The third-order valence-corrected chi connectivity index (χ3v) is 2.00. The van der Waals surface area contributed by atoms with Crippen LogP contribution in [0.5, 0.6) is 5.75 Å². The molecule has 0 heterocycles. The fraction of sp³-hybridized carbons (Fsp3) is 0.364. The van der Waals surface area contributed by atoms with Gasteiger partial charge < -0.3 is 9.47 Å². The summed E-state index contributed by atoms with van der Waals surface area (Å²) < 4.78 is 44.2. The molecule has 100 valence electrons. The van der Waals surface area contributed by atoms with Crippen LogP contribution in [0.15, 0.2) is 24.3 Å². The summed E-state index contributed by atoms with van der Waals surface area (Å²) >= 11 is 0. The van der Waals surface area contributed by atoms with Crippen LogP contribution >= 0.6 is 0 Å². The Morgan fingerprint density at radius 3 is 2.28 bits per heavy atom. The van der Waals surface area contributed by atoms with E-state index in [9.17, 15) is 18.0 Å². The van der Waals surface area contributed by atoms with Crippen LogP contribution in [0.4, 0.5) is 23.7 Å². The van der Waals surface area contributed by atoms with Crippen LogP contribution in [0, 0.1) is 0 Å². The van der Waals surface area contributed by atoms with Gasteiger partial charge in [-0.3, -0.25) is 4.90 Å². The summed E-state index contributed by atoms with van der Waals surface area (Å²) in [6.07, 6.45) is -5.31. The zero-order chi connectivity index (χ0) is 13.8. The molecule has 0 aromatic heterocycles. The Morgan fingerprint density at radius 1 is 1.28 bits per heavy atom. The number of benzene rings is 1. The number of nitrogens with zero attached hydrogens (tertiary/aromatic N) is 1. The molecular weight excluding hydrogens is 251 g/mol. The highest BCUT2D eigenvalue weighted by molar-refractivity contribution is 5.86. The van der Waals surface area contributed by atoms with Gasteiger partial charge in [-0.25, -0.2) is 4.79 Å². The number of amides is 1. The lowest BCUT2D eigenvalue weighted by molar-refractivity contribution is -0.274. The summed E-state index contributed by atoms with van der Waals surface area (Å²) in [5.74, 6) is -0.344. The van der Waals surface area contributed by atoms with Gasteiger partial charge >= 0.3 is 12.5 Å². The minimum absolute atomic E-state index is 0.221. The lowest BCUT2D eigenvalue weighted by atomic mass is 10.3. The predicted octanol–water partition coefficient (Wildman–Crippen LogP) is 3.18. The SMILES string of the molecule is CCOC(=O)N(C)c1ccc(OC(F)(F)F)cc1. The van der Waals surface area contributed by atoms with Gasteiger partial charge in [0.2, 0.25) is 0 Å². The first-order valence-electron chi connectivity index (χ1n) is 5.10. The molecule has 0 bridgehead atoms. The maximum Gasteiger partial charge on any atom is 0.573 e. The molecule has 0 radical (unpaired) electrons. The first-order chi connectivity index (χ1) is 8.33. The average molecular weight is 263 g/mol. The second-order valence-electron chi connectivity index (χ2n) is 3.30. The van der Waals surface area contributed by atoms with Crippen molar-refractivity contribution in [3.05, 3.63) is 24.3 Å². The van der Waals surface area contributed by atoms with Crippen molar-refractivity contribution in [3.8, 4) is 5.75 Å². The normalized spacial score (nSPS) is 10.9. The third kappa shape index (κ3) is 4.15. The van der Waals surface area contributed by atoms with Crippen LogP contribution < -0.4 is 9.64 Å². The molecule has 0 aliphatic heterocycles. The van der Waals surface area contributed by atoms with Crippen molar-refractivity contribution < 1.29 is 27.4 Å². The quantitative estimate of drug-likeness (QED) is 0.840. The molecule has 4 nitrogen and oxygen atoms in total. The lowest BCUT2D eigenvalue weighted by Gasteiger charge is -2.17. The van der Waals surface area contributed by atoms with Gasteiger partial charge in [0, 0.05) is 12.7 Å². The molecular formula is C11H12F3NO3. The topological polar surface area (TPSA) is 38.8 Å². The minimum atomic E-state index is -4.73. The first kappa shape index (κ1) is 14.1. The lowest BCUT2D eigenvalue weighted by Crippen LogP contribution is -2.26. The molecule has 0 atom stereocenters. The fourth-order valence-corrected chi connectivity index (χ4v) is 1.20. The highest BCUT2D eigenvalue weighted by atomic mass is 19.4. The van der Waals surface area contributed by atoms with E-state index in [2.05, 4.69) is 4.74 Å². The van der Waals surface area contributed by atoms with Crippen molar-refractivity contribution in [2.75, 3.05) is 18.6 Å². The summed E-state index contributed by atoms with van der Waals surface area (Å²) in [5, 5.41) is 0. The summed E-state index contributed by atoms with van der Waals surface area (Å²) in [6, 6.07) is 4.91. The number of anilines is 1. The predicted molar refractivity (Wildman–Crippen MR) is 58.6 cm³/mol. The highest BCUT2D eigenvalue weighted by Gasteiger charge is 2.31. The fourth-order valence-electron chi connectivity index (χ4n) is 1.20. The number of hydrogen-bond acceptors (Lipinski definition) is 3. The van der Waals surface area contributed by atoms with Gasteiger partial charge in [0.1, 0.15) is 5.75 Å². The summed E-state index contributed by atoms with van der Waals surface area (Å²) in [5.41, 5.74) is 0.406. The number of halogens is 3. The molecule has 0 spiro atoms. The summed E-state index contributed by atoms with van der Waals surface area (Å²) in [4.78, 5) is 12.5. The number of ether oxygens (including phenoxy) is 2. The van der Waals surface area contributed by atoms with Crippen molar-refractivity contribution in [1.29, 1.82) is 0 Å². The Morgan fingerprint density at radius 2 is 1.83 bits per heavy atom. The summed E-state index contributed by atoms with van der Waals surface area (Å²) in [7, 11) is 1.46. The van der Waals surface area contributed by atoms with Crippen LogP contribution in [0.25, 0.3) is 0 Å². The zero-order valence-electron chi connectivity index (χ0n) is 9.82. The molecule has 0 saturated heterocycles. The average Bonchev–Trinajstić information content (AvgIpc) is 2.27. The standard InChI is InChI=1S/C11H12F3NO3/c1-3-17-10(16)15(2)8-4-6-9(7-5-8)18-11(12,13)14/h4-7H,3H2,1-2H3. The summed E-state index contributed by atoms with van der Waals surface area (Å²) in [6.45, 7) is 1.88. The van der Waals surface area contributed by atoms with E-state index in [1.165, 1.54) is 24.1 Å². The highest BCUT2D eigenvalue weighted by Crippen LogP contribution is 2.25. The Kier molecular flexibility index (Phi) is 4.41. The number of alkyl halides is 3. The maximum absolute atomic E-state index is 11.9. The number of rotatable bonds is 3. The minimum Gasteiger partial charge on any atom is -0.449 e. The number of hydrogen-bond donors (Lipinski definition) is 0. The second kappa shape index (κ2) is 5.61. The van der Waals surface area contributed by atoms with Gasteiger partial charge in [0.05, 0.1) is 6.61 Å². The Labute approximate surface area is 102 Å². The molecule has 1 amide bonds. The largest absolute Gasteiger partial charge is 0.573 e. The monoisotopic (exact) mass is 263 g/mol. The van der Waals surface area contributed by atoms with Crippen molar-refractivity contribution in [2.45, 2.75) is 13.3 Å². The number of carbonyl (C=O) groups excluding carboxylic acids is 1. The molecule has 0 aliphatic rings. The van der Waals surface area contributed by atoms with Crippen LogP contribution in [0.3, 0.4) is 0 Å². The van der Waals surface area contributed by atoms with Crippen LogP contribution in [0.2, 0.25) is 0 Å². The van der Waals surface area contributed by atoms with Crippen LogP contribution in [-0.4, -0.2) is 26.1 Å². The van der Waals surface area contributed by atoms with E-state index in [1.54, 1.807) is 6.92 Å². The molecule has 0 aliphatic carbocycles. The Balaban J connectivity index is 2.73. The maximum atomic E-state index is 11.9.